The molecule has 96 valence electrons. The maximum absolute atomic E-state index is 13.0. The van der Waals surface area contributed by atoms with Gasteiger partial charge in [-0.1, -0.05) is 13.8 Å². The number of rotatable bonds is 6. The van der Waals surface area contributed by atoms with Crippen molar-refractivity contribution in [1.29, 1.82) is 0 Å². The van der Waals surface area contributed by atoms with E-state index in [0.29, 0.717) is 0 Å². The fourth-order valence-electron chi connectivity index (χ4n) is 1.60. The molecular weight excluding hydrogens is 219 g/mol. The minimum atomic E-state index is -0.314. The van der Waals surface area contributed by atoms with Crippen molar-refractivity contribution >= 4 is 0 Å². The molecule has 0 aliphatic carbocycles. The molecule has 17 heavy (non-hydrogen) atoms. The Labute approximate surface area is 102 Å². The zero-order valence-electron chi connectivity index (χ0n) is 10.7. The van der Waals surface area contributed by atoms with Gasteiger partial charge in [0.1, 0.15) is 5.82 Å². The van der Waals surface area contributed by atoms with Gasteiger partial charge in [0, 0.05) is 25.4 Å². The summed E-state index contributed by atoms with van der Waals surface area (Å²) >= 11 is 0. The van der Waals surface area contributed by atoms with E-state index >= 15 is 0 Å². The van der Waals surface area contributed by atoms with Gasteiger partial charge in [-0.2, -0.15) is 0 Å². The van der Waals surface area contributed by atoms with E-state index in [9.17, 15) is 4.39 Å². The molecule has 0 saturated carbocycles. The van der Waals surface area contributed by atoms with Crippen molar-refractivity contribution < 1.29 is 9.50 Å². The lowest BCUT2D eigenvalue weighted by Gasteiger charge is -2.26. The molecular formula is C13H21FN2O. The molecule has 0 aromatic carbocycles. The third-order valence-electron chi connectivity index (χ3n) is 2.90. The first-order valence-corrected chi connectivity index (χ1v) is 5.89. The van der Waals surface area contributed by atoms with Crippen LogP contribution in [0.15, 0.2) is 18.5 Å². The monoisotopic (exact) mass is 240 g/mol. The zero-order chi connectivity index (χ0) is 12.9. The van der Waals surface area contributed by atoms with Gasteiger partial charge >= 0.3 is 0 Å². The summed E-state index contributed by atoms with van der Waals surface area (Å²) < 4.78 is 13.0. The highest BCUT2D eigenvalue weighted by Gasteiger charge is 2.18. The molecule has 1 atom stereocenters. The Morgan fingerprint density at radius 2 is 2.18 bits per heavy atom. The first-order chi connectivity index (χ1) is 7.94. The molecule has 2 N–H and O–H groups in total. The van der Waals surface area contributed by atoms with Crippen LogP contribution in [0.1, 0.15) is 38.8 Å². The first kappa shape index (κ1) is 14.1. The summed E-state index contributed by atoms with van der Waals surface area (Å²) in [6, 6.07) is 1.54. The molecule has 0 saturated heterocycles. The van der Waals surface area contributed by atoms with Gasteiger partial charge in [-0.15, -0.1) is 0 Å². The van der Waals surface area contributed by atoms with Crippen molar-refractivity contribution in [2.24, 2.45) is 5.41 Å². The summed E-state index contributed by atoms with van der Waals surface area (Å²) in [7, 11) is 0. The smallest absolute Gasteiger partial charge is 0.141 e. The lowest BCUT2D eigenvalue weighted by atomic mass is 9.89. The third kappa shape index (κ3) is 4.79. The Balaban J connectivity index is 2.52. The van der Waals surface area contributed by atoms with Crippen molar-refractivity contribution in [1.82, 2.24) is 10.3 Å². The molecule has 4 heteroatoms. The molecule has 1 aromatic heterocycles. The van der Waals surface area contributed by atoms with E-state index in [1.54, 1.807) is 6.20 Å². The molecule has 0 amide bonds. The van der Waals surface area contributed by atoms with Crippen LogP contribution < -0.4 is 5.32 Å². The van der Waals surface area contributed by atoms with E-state index in [4.69, 9.17) is 5.11 Å². The SMILES string of the molecule is CC(NCC(C)(C)CCO)c1cncc(F)c1. The zero-order valence-corrected chi connectivity index (χ0v) is 10.7. The number of aliphatic hydroxyl groups is 1. The lowest BCUT2D eigenvalue weighted by molar-refractivity contribution is 0.203. The minimum Gasteiger partial charge on any atom is -0.396 e. The Kier molecular flexibility index (Phi) is 5.02. The van der Waals surface area contributed by atoms with Gasteiger partial charge < -0.3 is 10.4 Å². The summed E-state index contributed by atoms with van der Waals surface area (Å²) in [5.74, 6) is -0.314. The number of hydrogen-bond acceptors (Lipinski definition) is 3. The Bertz CT molecular complexity index is 355. The van der Waals surface area contributed by atoms with E-state index in [-0.39, 0.29) is 23.9 Å². The van der Waals surface area contributed by atoms with Crippen molar-refractivity contribution in [3.63, 3.8) is 0 Å². The van der Waals surface area contributed by atoms with Gasteiger partial charge in [0.15, 0.2) is 0 Å². The van der Waals surface area contributed by atoms with Crippen LogP contribution >= 0.6 is 0 Å². The van der Waals surface area contributed by atoms with Gasteiger partial charge in [0.25, 0.3) is 0 Å². The van der Waals surface area contributed by atoms with Crippen LogP contribution in [0.25, 0.3) is 0 Å². The van der Waals surface area contributed by atoms with Crippen molar-refractivity contribution in [2.75, 3.05) is 13.2 Å². The van der Waals surface area contributed by atoms with E-state index in [1.807, 2.05) is 6.92 Å². The van der Waals surface area contributed by atoms with Gasteiger partial charge in [0.05, 0.1) is 6.20 Å². The maximum atomic E-state index is 13.0. The van der Waals surface area contributed by atoms with Crippen LogP contribution in [0.5, 0.6) is 0 Å². The molecule has 0 spiro atoms. The largest absolute Gasteiger partial charge is 0.396 e. The van der Waals surface area contributed by atoms with Crippen LogP contribution in [0.2, 0.25) is 0 Å². The number of hydrogen-bond donors (Lipinski definition) is 2. The molecule has 1 heterocycles. The molecule has 0 bridgehead atoms. The summed E-state index contributed by atoms with van der Waals surface area (Å²) in [6.07, 6.45) is 3.61. The Hall–Kier alpha value is -1.00. The minimum absolute atomic E-state index is 0.0315. The van der Waals surface area contributed by atoms with E-state index in [2.05, 4.69) is 24.1 Å². The van der Waals surface area contributed by atoms with Gasteiger partial charge in [-0.25, -0.2) is 4.39 Å². The maximum Gasteiger partial charge on any atom is 0.141 e. The predicted octanol–water partition coefficient (Wildman–Crippen LogP) is 2.28. The van der Waals surface area contributed by atoms with Crippen molar-refractivity contribution in [3.8, 4) is 0 Å². The van der Waals surface area contributed by atoms with Crippen LogP contribution in [0.3, 0.4) is 0 Å². The number of pyridine rings is 1. The van der Waals surface area contributed by atoms with E-state index in [0.717, 1.165) is 18.5 Å². The van der Waals surface area contributed by atoms with Gasteiger partial charge in [-0.05, 0) is 30.4 Å². The highest BCUT2D eigenvalue weighted by atomic mass is 19.1. The number of halogens is 1. The number of aliphatic hydroxyl groups excluding tert-OH is 1. The molecule has 0 aliphatic heterocycles. The molecule has 0 radical (unpaired) electrons. The van der Waals surface area contributed by atoms with Crippen molar-refractivity contribution in [2.45, 2.75) is 33.2 Å². The molecule has 1 unspecified atom stereocenters. The predicted molar refractivity (Wildman–Crippen MR) is 66.1 cm³/mol. The molecule has 0 aliphatic rings. The molecule has 1 aromatic rings. The van der Waals surface area contributed by atoms with E-state index < -0.39 is 0 Å². The van der Waals surface area contributed by atoms with Crippen LogP contribution in [-0.4, -0.2) is 23.2 Å². The summed E-state index contributed by atoms with van der Waals surface area (Å²) in [5.41, 5.74) is 0.869. The molecule has 1 rings (SSSR count). The fraction of sp³-hybridized carbons (Fsp3) is 0.615. The van der Waals surface area contributed by atoms with Gasteiger partial charge in [0.2, 0.25) is 0 Å². The summed E-state index contributed by atoms with van der Waals surface area (Å²) in [5, 5.41) is 12.3. The summed E-state index contributed by atoms with van der Waals surface area (Å²) in [4.78, 5) is 3.83. The Morgan fingerprint density at radius 1 is 1.47 bits per heavy atom. The second kappa shape index (κ2) is 6.07. The number of aromatic nitrogens is 1. The second-order valence-electron chi connectivity index (χ2n) is 5.18. The third-order valence-corrected chi connectivity index (χ3v) is 2.90. The summed E-state index contributed by atoms with van der Waals surface area (Å²) in [6.45, 7) is 7.11. The van der Waals surface area contributed by atoms with Crippen LogP contribution in [0.4, 0.5) is 4.39 Å². The van der Waals surface area contributed by atoms with Crippen LogP contribution in [-0.2, 0) is 0 Å². The number of nitrogens with zero attached hydrogens (tertiary/aromatic N) is 1. The highest BCUT2D eigenvalue weighted by molar-refractivity contribution is 5.14. The number of nitrogens with one attached hydrogen (secondary N) is 1. The van der Waals surface area contributed by atoms with Gasteiger partial charge in [-0.3, -0.25) is 4.98 Å². The molecule has 3 nitrogen and oxygen atoms in total. The van der Waals surface area contributed by atoms with Crippen molar-refractivity contribution in [3.05, 3.63) is 29.8 Å². The molecule has 0 fully saturated rings. The highest BCUT2D eigenvalue weighted by Crippen LogP contribution is 2.20. The second-order valence-corrected chi connectivity index (χ2v) is 5.18. The lowest BCUT2D eigenvalue weighted by Crippen LogP contribution is -2.32. The average molecular weight is 240 g/mol. The van der Waals surface area contributed by atoms with Crippen LogP contribution in [0, 0.1) is 11.2 Å². The first-order valence-electron chi connectivity index (χ1n) is 5.89. The van der Waals surface area contributed by atoms with E-state index in [1.165, 1.54) is 12.3 Å². The topological polar surface area (TPSA) is 45.1 Å². The standard InChI is InChI=1S/C13H21FN2O/c1-10(11-6-12(14)8-15-7-11)16-9-13(2,3)4-5-17/h6-8,10,16-17H,4-5,9H2,1-3H3. The quantitative estimate of drug-likeness (QED) is 0.802. The normalized spacial score (nSPS) is 13.7. The fourth-order valence-corrected chi connectivity index (χ4v) is 1.60. The Morgan fingerprint density at radius 3 is 2.76 bits per heavy atom. The average Bonchev–Trinajstić information content (AvgIpc) is 2.26.